The van der Waals surface area contributed by atoms with E-state index in [2.05, 4.69) is 27.2 Å². The molecule has 0 aromatic carbocycles. The molecule has 7 nitrogen and oxygen atoms in total. The van der Waals surface area contributed by atoms with Crippen molar-refractivity contribution in [2.24, 2.45) is 5.92 Å². The van der Waals surface area contributed by atoms with Crippen LogP contribution < -0.4 is 10.9 Å². The summed E-state index contributed by atoms with van der Waals surface area (Å²) in [6.07, 6.45) is 5.95. The Morgan fingerprint density at radius 1 is 1.35 bits per heavy atom. The summed E-state index contributed by atoms with van der Waals surface area (Å²) in [6, 6.07) is 1.74. The van der Waals surface area contributed by atoms with Crippen molar-refractivity contribution in [1.29, 1.82) is 0 Å². The molecule has 4 heterocycles. The Morgan fingerprint density at radius 2 is 2.19 bits per heavy atom. The van der Waals surface area contributed by atoms with Crippen molar-refractivity contribution >= 4 is 10.9 Å². The summed E-state index contributed by atoms with van der Waals surface area (Å²) >= 11 is 0. The highest BCUT2D eigenvalue weighted by molar-refractivity contribution is 5.79. The van der Waals surface area contributed by atoms with Crippen LogP contribution in [-0.2, 0) is 11.3 Å². The molecule has 2 aliphatic rings. The third-order valence-electron chi connectivity index (χ3n) is 5.52. The van der Waals surface area contributed by atoms with Crippen LogP contribution in [0.15, 0.2) is 17.1 Å². The number of hydrogen-bond donors (Lipinski definition) is 2. The van der Waals surface area contributed by atoms with Crippen LogP contribution in [0.4, 0.5) is 0 Å². The van der Waals surface area contributed by atoms with E-state index in [1.54, 1.807) is 12.3 Å². The Balaban J connectivity index is 1.50. The molecular formula is C19H27N5O2. The summed E-state index contributed by atoms with van der Waals surface area (Å²) < 4.78 is 5.68. The van der Waals surface area contributed by atoms with Gasteiger partial charge in [0.1, 0.15) is 17.4 Å². The molecule has 0 amide bonds. The number of likely N-dealkylation sites (tertiary alicyclic amines) is 1. The summed E-state index contributed by atoms with van der Waals surface area (Å²) in [7, 11) is 2.18. The summed E-state index contributed by atoms with van der Waals surface area (Å²) in [4.78, 5) is 26.9. The lowest BCUT2D eigenvalue weighted by Gasteiger charge is -2.29. The molecule has 4 rings (SSSR count). The first kappa shape index (κ1) is 17.6. The van der Waals surface area contributed by atoms with Crippen LogP contribution in [0, 0.1) is 5.92 Å². The highest BCUT2D eigenvalue weighted by atomic mass is 16.5. The topological polar surface area (TPSA) is 83.1 Å². The predicted octanol–water partition coefficient (Wildman–Crippen LogP) is 1.60. The van der Waals surface area contributed by atoms with Crippen molar-refractivity contribution in [3.8, 4) is 0 Å². The number of nitrogens with zero attached hydrogens (tertiary/aromatic N) is 3. The average molecular weight is 357 g/mol. The molecule has 2 N–H and O–H groups in total. The minimum Gasteiger partial charge on any atom is -0.370 e. The van der Waals surface area contributed by atoms with E-state index in [1.807, 2.05) is 0 Å². The molecule has 1 unspecified atom stereocenters. The lowest BCUT2D eigenvalue weighted by atomic mass is 9.97. The summed E-state index contributed by atoms with van der Waals surface area (Å²) in [5, 5.41) is 4.12. The summed E-state index contributed by atoms with van der Waals surface area (Å²) in [5.41, 5.74) is 1.41. The highest BCUT2D eigenvalue weighted by Crippen LogP contribution is 2.26. The smallest absolute Gasteiger partial charge is 0.258 e. The van der Waals surface area contributed by atoms with E-state index in [4.69, 9.17) is 9.72 Å². The van der Waals surface area contributed by atoms with Crippen molar-refractivity contribution in [2.75, 3.05) is 33.3 Å². The first-order valence-electron chi connectivity index (χ1n) is 9.59. The fourth-order valence-electron chi connectivity index (χ4n) is 3.87. The van der Waals surface area contributed by atoms with Crippen molar-refractivity contribution < 1.29 is 4.74 Å². The predicted molar refractivity (Wildman–Crippen MR) is 100 cm³/mol. The molecule has 7 heteroatoms. The number of aromatic amines is 1. The number of nitrogens with one attached hydrogen (secondary N) is 2. The van der Waals surface area contributed by atoms with Crippen molar-refractivity contribution in [1.82, 2.24) is 25.2 Å². The molecule has 0 spiro atoms. The Labute approximate surface area is 153 Å². The second kappa shape index (κ2) is 7.82. The van der Waals surface area contributed by atoms with E-state index < -0.39 is 0 Å². The third-order valence-corrected chi connectivity index (χ3v) is 5.52. The van der Waals surface area contributed by atoms with Gasteiger partial charge in [0.2, 0.25) is 0 Å². The van der Waals surface area contributed by atoms with E-state index in [-0.39, 0.29) is 11.7 Å². The van der Waals surface area contributed by atoms with Crippen LogP contribution >= 0.6 is 0 Å². The van der Waals surface area contributed by atoms with Crippen LogP contribution in [0.25, 0.3) is 10.9 Å². The number of aromatic nitrogens is 3. The monoisotopic (exact) mass is 357 g/mol. The first-order chi connectivity index (χ1) is 12.7. The number of H-pyrrole nitrogens is 1. The number of ether oxygens (including phenoxy) is 1. The van der Waals surface area contributed by atoms with E-state index in [9.17, 15) is 4.79 Å². The van der Waals surface area contributed by atoms with Gasteiger partial charge in [-0.3, -0.25) is 9.78 Å². The third kappa shape index (κ3) is 3.79. The zero-order valence-corrected chi connectivity index (χ0v) is 15.3. The van der Waals surface area contributed by atoms with Crippen LogP contribution in [0.2, 0.25) is 0 Å². The lowest BCUT2D eigenvalue weighted by molar-refractivity contribution is 0.105. The van der Waals surface area contributed by atoms with E-state index in [0.29, 0.717) is 29.2 Å². The van der Waals surface area contributed by atoms with Gasteiger partial charge in [-0.1, -0.05) is 0 Å². The molecule has 2 fully saturated rings. The van der Waals surface area contributed by atoms with E-state index >= 15 is 0 Å². The van der Waals surface area contributed by atoms with Gasteiger partial charge in [-0.15, -0.1) is 0 Å². The molecule has 2 aromatic heterocycles. The SMILES string of the molecule is CN1CCC(CNCc2nccc3c(=O)[nH]c(C4CCCO4)nc23)CC1. The maximum absolute atomic E-state index is 12.5. The fraction of sp³-hybridized carbons (Fsp3) is 0.632. The first-order valence-corrected chi connectivity index (χ1v) is 9.59. The van der Waals surface area contributed by atoms with Crippen LogP contribution in [0.3, 0.4) is 0 Å². The average Bonchev–Trinajstić information content (AvgIpc) is 3.18. The molecule has 0 radical (unpaired) electrons. The zero-order chi connectivity index (χ0) is 17.9. The standard InChI is InChI=1S/C19H27N5O2/c1-24-8-5-13(6-9-24)11-20-12-15-17-14(4-7-21-15)19(25)23-18(22-17)16-3-2-10-26-16/h4,7,13,16,20H,2-3,5-6,8-12H2,1H3,(H,22,23,25). The number of rotatable bonds is 5. The maximum atomic E-state index is 12.5. The van der Waals surface area contributed by atoms with Gasteiger partial charge in [0.15, 0.2) is 0 Å². The normalized spacial score (nSPS) is 22.3. The Hall–Kier alpha value is -1.83. The Kier molecular flexibility index (Phi) is 5.28. The van der Waals surface area contributed by atoms with Gasteiger partial charge < -0.3 is 19.9 Å². The van der Waals surface area contributed by atoms with Crippen LogP contribution in [-0.4, -0.2) is 53.1 Å². The van der Waals surface area contributed by atoms with Crippen molar-refractivity contribution in [3.63, 3.8) is 0 Å². The molecule has 26 heavy (non-hydrogen) atoms. The molecule has 140 valence electrons. The lowest BCUT2D eigenvalue weighted by Crippen LogP contribution is -2.34. The van der Waals surface area contributed by atoms with Gasteiger partial charge in [0.25, 0.3) is 5.56 Å². The van der Waals surface area contributed by atoms with Gasteiger partial charge in [0.05, 0.1) is 11.1 Å². The van der Waals surface area contributed by atoms with E-state index in [1.165, 1.54) is 25.9 Å². The second-order valence-electron chi connectivity index (χ2n) is 7.48. The zero-order valence-electron chi connectivity index (χ0n) is 15.3. The molecule has 2 aromatic rings. The highest BCUT2D eigenvalue weighted by Gasteiger charge is 2.22. The van der Waals surface area contributed by atoms with Crippen LogP contribution in [0.5, 0.6) is 0 Å². The van der Waals surface area contributed by atoms with Crippen molar-refractivity contribution in [3.05, 3.63) is 34.1 Å². The van der Waals surface area contributed by atoms with Crippen LogP contribution in [0.1, 0.15) is 43.3 Å². The minimum atomic E-state index is -0.112. The van der Waals surface area contributed by atoms with Gasteiger partial charge >= 0.3 is 0 Å². The minimum absolute atomic E-state index is 0.104. The maximum Gasteiger partial charge on any atom is 0.258 e. The molecule has 1 atom stereocenters. The summed E-state index contributed by atoms with van der Waals surface area (Å²) in [5.74, 6) is 1.34. The molecule has 0 aliphatic carbocycles. The molecule has 0 saturated carbocycles. The fourth-order valence-corrected chi connectivity index (χ4v) is 3.87. The number of piperidine rings is 1. The largest absolute Gasteiger partial charge is 0.370 e. The summed E-state index contributed by atoms with van der Waals surface area (Å²) in [6.45, 7) is 4.67. The molecule has 2 aliphatic heterocycles. The molecular weight excluding hydrogens is 330 g/mol. The number of pyridine rings is 1. The van der Waals surface area contributed by atoms with E-state index in [0.717, 1.165) is 31.7 Å². The molecule has 2 saturated heterocycles. The Morgan fingerprint density at radius 3 is 2.96 bits per heavy atom. The van der Waals surface area contributed by atoms with Gasteiger partial charge in [-0.25, -0.2) is 4.98 Å². The quantitative estimate of drug-likeness (QED) is 0.846. The number of fused-ring (bicyclic) bond motifs is 1. The Bertz CT molecular complexity index is 807. The molecule has 0 bridgehead atoms. The van der Waals surface area contributed by atoms with Gasteiger partial charge in [-0.2, -0.15) is 0 Å². The van der Waals surface area contributed by atoms with Gasteiger partial charge in [0, 0.05) is 19.3 Å². The second-order valence-corrected chi connectivity index (χ2v) is 7.48. The van der Waals surface area contributed by atoms with Crippen molar-refractivity contribution in [2.45, 2.75) is 38.3 Å². The number of hydrogen-bond acceptors (Lipinski definition) is 6. The van der Waals surface area contributed by atoms with Gasteiger partial charge in [-0.05, 0) is 64.3 Å².